The summed E-state index contributed by atoms with van der Waals surface area (Å²) in [7, 11) is 0. The molecule has 0 unspecified atom stereocenters. The van der Waals surface area contributed by atoms with E-state index in [1.165, 1.54) is 0 Å². The van der Waals surface area contributed by atoms with Crippen LogP contribution < -0.4 is 5.73 Å². The monoisotopic (exact) mass is 374 g/mol. The van der Waals surface area contributed by atoms with E-state index in [0.717, 1.165) is 30.3 Å². The fraction of sp³-hybridized carbons (Fsp3) is 0.133. The number of rotatable bonds is 2. The quantitative estimate of drug-likeness (QED) is 0.672. The third-order valence-corrected chi connectivity index (χ3v) is 3.33. The summed E-state index contributed by atoms with van der Waals surface area (Å²) in [5, 5.41) is 7.31. The second-order valence-electron chi connectivity index (χ2n) is 5.11. The second-order valence-corrected chi connectivity index (χ2v) is 5.11. The van der Waals surface area contributed by atoms with E-state index in [2.05, 4.69) is 15.2 Å². The van der Waals surface area contributed by atoms with E-state index >= 15 is 0 Å². The Balaban J connectivity index is 1.91. The van der Waals surface area contributed by atoms with E-state index in [0.29, 0.717) is 6.07 Å². The van der Waals surface area contributed by atoms with Crippen LogP contribution >= 0.6 is 0 Å². The fourth-order valence-corrected chi connectivity index (χ4v) is 2.06. The summed E-state index contributed by atoms with van der Waals surface area (Å²) < 4.78 is 80.7. The van der Waals surface area contributed by atoms with Crippen molar-refractivity contribution in [1.29, 1.82) is 0 Å². The average molecular weight is 374 g/mol. The highest BCUT2D eigenvalue weighted by atomic mass is 19.4. The maximum absolute atomic E-state index is 12.6. The van der Waals surface area contributed by atoms with Crippen LogP contribution in [0.2, 0.25) is 0 Å². The molecule has 0 aliphatic carbocycles. The number of hydrogen-bond donors (Lipinski definition) is 1. The maximum atomic E-state index is 12.6. The van der Waals surface area contributed by atoms with Gasteiger partial charge in [-0.2, -0.15) is 26.3 Å². The van der Waals surface area contributed by atoms with Gasteiger partial charge < -0.3 is 10.2 Å². The molecular formula is C15H8F6N4O. The highest BCUT2D eigenvalue weighted by Gasteiger charge is 2.33. The van der Waals surface area contributed by atoms with Crippen LogP contribution in [0.15, 0.2) is 40.8 Å². The zero-order valence-corrected chi connectivity index (χ0v) is 12.6. The molecule has 1 aromatic carbocycles. The predicted molar refractivity (Wildman–Crippen MR) is 77.4 cm³/mol. The molecule has 0 atom stereocenters. The van der Waals surface area contributed by atoms with E-state index in [1.54, 1.807) is 0 Å². The molecule has 0 aliphatic heterocycles. The molecule has 0 fully saturated rings. The van der Waals surface area contributed by atoms with Gasteiger partial charge in [-0.3, -0.25) is 0 Å². The molecular weight excluding hydrogens is 366 g/mol. The second kappa shape index (κ2) is 6.00. The molecule has 3 aromatic rings. The summed E-state index contributed by atoms with van der Waals surface area (Å²) in [4.78, 5) is 3.24. The Bertz CT molecular complexity index is 931. The first-order valence-electron chi connectivity index (χ1n) is 6.91. The number of halogens is 6. The van der Waals surface area contributed by atoms with Crippen LogP contribution in [0.3, 0.4) is 0 Å². The Hall–Kier alpha value is -3.11. The average Bonchev–Trinajstić information content (AvgIpc) is 3.03. The molecule has 0 saturated heterocycles. The molecule has 26 heavy (non-hydrogen) atoms. The first kappa shape index (κ1) is 17.7. The van der Waals surface area contributed by atoms with Crippen molar-refractivity contribution >= 4 is 5.82 Å². The van der Waals surface area contributed by atoms with Gasteiger partial charge in [0.25, 0.3) is 5.89 Å². The van der Waals surface area contributed by atoms with E-state index in [4.69, 9.17) is 10.2 Å². The van der Waals surface area contributed by atoms with Crippen molar-refractivity contribution in [3.05, 3.63) is 47.7 Å². The molecule has 0 radical (unpaired) electrons. The number of pyridine rings is 1. The molecule has 0 aliphatic rings. The van der Waals surface area contributed by atoms with Crippen molar-refractivity contribution in [1.82, 2.24) is 15.2 Å². The minimum atomic E-state index is -4.66. The van der Waals surface area contributed by atoms with Crippen molar-refractivity contribution in [2.75, 3.05) is 5.73 Å². The number of nitrogens with two attached hydrogens (primary N) is 1. The van der Waals surface area contributed by atoms with Gasteiger partial charge in [-0.15, -0.1) is 10.2 Å². The van der Waals surface area contributed by atoms with Gasteiger partial charge in [0.15, 0.2) is 0 Å². The first-order valence-corrected chi connectivity index (χ1v) is 6.91. The Morgan fingerprint density at radius 2 is 1.38 bits per heavy atom. The highest BCUT2D eigenvalue weighted by molar-refractivity contribution is 5.68. The summed E-state index contributed by atoms with van der Waals surface area (Å²) in [5.41, 5.74) is 3.65. The summed E-state index contributed by atoms with van der Waals surface area (Å²) in [5.74, 6) is -0.797. The lowest BCUT2D eigenvalue weighted by molar-refractivity contribution is -0.141. The van der Waals surface area contributed by atoms with E-state index in [1.807, 2.05) is 0 Å². The van der Waals surface area contributed by atoms with Crippen LogP contribution in [-0.2, 0) is 12.4 Å². The topological polar surface area (TPSA) is 77.8 Å². The van der Waals surface area contributed by atoms with E-state index < -0.39 is 29.4 Å². The van der Waals surface area contributed by atoms with Gasteiger partial charge in [0.05, 0.1) is 11.1 Å². The van der Waals surface area contributed by atoms with Crippen LogP contribution in [0.25, 0.3) is 22.9 Å². The Kier molecular flexibility index (Phi) is 4.09. The number of anilines is 1. The molecule has 2 N–H and O–H groups in total. The normalized spacial score (nSPS) is 12.4. The van der Waals surface area contributed by atoms with Crippen molar-refractivity contribution < 1.29 is 30.8 Å². The maximum Gasteiger partial charge on any atom is 0.433 e. The largest absolute Gasteiger partial charge is 0.433 e. The predicted octanol–water partition coefficient (Wildman–Crippen LogP) is 4.42. The minimum absolute atomic E-state index is 0.0244. The van der Waals surface area contributed by atoms with E-state index in [9.17, 15) is 26.3 Å². The number of alkyl halides is 6. The van der Waals surface area contributed by atoms with Gasteiger partial charge >= 0.3 is 12.4 Å². The minimum Gasteiger partial charge on any atom is -0.416 e. The Morgan fingerprint density at radius 3 is 1.92 bits per heavy atom. The van der Waals surface area contributed by atoms with Gasteiger partial charge in [0, 0.05) is 5.56 Å². The molecule has 2 heterocycles. The van der Waals surface area contributed by atoms with Crippen molar-refractivity contribution in [2.24, 2.45) is 0 Å². The number of aromatic nitrogens is 3. The standard InChI is InChI=1S/C15H8F6N4O/c16-14(17,18)8-3-1-7(2-4-8)12-24-25-13(26-12)9-5-6-10(15(19,20)21)23-11(9)22/h1-6H,(H2,22,23). The number of nitrogen functional groups attached to an aromatic ring is 1. The van der Waals surface area contributed by atoms with Gasteiger partial charge in [0.2, 0.25) is 5.89 Å². The Labute approximate surface area is 141 Å². The van der Waals surface area contributed by atoms with Gasteiger partial charge in [-0.05, 0) is 36.4 Å². The molecule has 2 aromatic heterocycles. The zero-order valence-electron chi connectivity index (χ0n) is 12.6. The van der Waals surface area contributed by atoms with Gasteiger partial charge in [-0.25, -0.2) is 4.98 Å². The molecule has 136 valence electrons. The lowest BCUT2D eigenvalue weighted by Gasteiger charge is -2.07. The third-order valence-electron chi connectivity index (χ3n) is 3.33. The third kappa shape index (κ3) is 3.46. The fourth-order valence-electron chi connectivity index (χ4n) is 2.06. The smallest absolute Gasteiger partial charge is 0.416 e. The van der Waals surface area contributed by atoms with Gasteiger partial charge in [-0.1, -0.05) is 0 Å². The van der Waals surface area contributed by atoms with E-state index in [-0.39, 0.29) is 22.9 Å². The molecule has 0 amide bonds. The van der Waals surface area contributed by atoms with Crippen LogP contribution in [-0.4, -0.2) is 15.2 Å². The zero-order chi connectivity index (χ0) is 19.1. The summed E-state index contributed by atoms with van der Waals surface area (Å²) in [6, 6.07) is 5.67. The SMILES string of the molecule is Nc1nc(C(F)(F)F)ccc1-c1nnc(-c2ccc(C(F)(F)F)cc2)o1. The summed E-state index contributed by atoms with van der Waals surface area (Å²) in [6.07, 6.45) is -9.15. The summed E-state index contributed by atoms with van der Waals surface area (Å²) in [6.45, 7) is 0. The Morgan fingerprint density at radius 1 is 0.769 bits per heavy atom. The van der Waals surface area contributed by atoms with Crippen LogP contribution in [0.5, 0.6) is 0 Å². The van der Waals surface area contributed by atoms with Crippen molar-refractivity contribution in [2.45, 2.75) is 12.4 Å². The first-order chi connectivity index (χ1) is 12.1. The van der Waals surface area contributed by atoms with Crippen LogP contribution in [0.1, 0.15) is 11.3 Å². The van der Waals surface area contributed by atoms with Gasteiger partial charge in [0.1, 0.15) is 11.5 Å². The highest BCUT2D eigenvalue weighted by Crippen LogP contribution is 2.33. The number of nitrogens with zero attached hydrogens (tertiary/aromatic N) is 3. The summed E-state index contributed by atoms with van der Waals surface area (Å²) >= 11 is 0. The number of benzene rings is 1. The molecule has 0 bridgehead atoms. The van der Waals surface area contributed by atoms with Crippen LogP contribution in [0.4, 0.5) is 32.2 Å². The molecule has 5 nitrogen and oxygen atoms in total. The van der Waals surface area contributed by atoms with Crippen molar-refractivity contribution in [3.63, 3.8) is 0 Å². The molecule has 11 heteroatoms. The molecule has 0 spiro atoms. The molecule has 3 rings (SSSR count). The lowest BCUT2D eigenvalue weighted by atomic mass is 10.1. The molecule has 0 saturated carbocycles. The lowest BCUT2D eigenvalue weighted by Crippen LogP contribution is -2.09. The van der Waals surface area contributed by atoms with Crippen LogP contribution in [0, 0.1) is 0 Å². The number of hydrogen-bond acceptors (Lipinski definition) is 5. The van der Waals surface area contributed by atoms with Crippen molar-refractivity contribution in [3.8, 4) is 22.9 Å².